The molecule has 1 aliphatic rings. The number of hydrogen-bond donors (Lipinski definition) is 0. The van der Waals surface area contributed by atoms with Crippen molar-refractivity contribution in [1.82, 2.24) is 15.1 Å². The molecular weight excluding hydrogens is 378 g/mol. The summed E-state index contributed by atoms with van der Waals surface area (Å²) in [5, 5.41) is 7.80. The molecule has 2 atom stereocenters. The second-order valence-electron chi connectivity index (χ2n) is 6.20. The third kappa shape index (κ3) is 3.96. The first-order chi connectivity index (χ1) is 12.3. The van der Waals surface area contributed by atoms with Crippen LogP contribution in [0, 0.1) is 6.92 Å². The number of amides is 1. The number of furan rings is 1. The molecule has 26 heavy (non-hydrogen) atoms. The smallest absolute Gasteiger partial charge is 0.277 e. The highest BCUT2D eigenvalue weighted by Gasteiger charge is 2.35. The molecule has 3 heterocycles. The minimum Gasteiger partial charge on any atom is -0.469 e. The van der Waals surface area contributed by atoms with Crippen molar-refractivity contribution in [2.75, 3.05) is 18.1 Å². The van der Waals surface area contributed by atoms with Gasteiger partial charge in [-0.15, -0.1) is 10.2 Å². The Morgan fingerprint density at radius 2 is 2.23 bits per heavy atom. The zero-order chi connectivity index (χ0) is 18.9. The van der Waals surface area contributed by atoms with Gasteiger partial charge in [0.15, 0.2) is 9.84 Å². The number of thioether (sulfide) groups is 1. The number of nitrogens with zero attached hydrogens (tertiary/aromatic N) is 3. The molecule has 2 aromatic rings. The number of carbonyl (C=O) groups excluding carboxylic acids is 1. The van der Waals surface area contributed by atoms with Gasteiger partial charge in [0.2, 0.25) is 5.91 Å². The minimum atomic E-state index is -3.04. The van der Waals surface area contributed by atoms with Gasteiger partial charge >= 0.3 is 0 Å². The van der Waals surface area contributed by atoms with Gasteiger partial charge in [0.05, 0.1) is 28.6 Å². The summed E-state index contributed by atoms with van der Waals surface area (Å²) >= 11 is 1.17. The van der Waals surface area contributed by atoms with E-state index in [0.29, 0.717) is 24.6 Å². The molecular formula is C16H21N3O5S2. The maximum Gasteiger partial charge on any atom is 0.277 e. The van der Waals surface area contributed by atoms with Gasteiger partial charge in [-0.25, -0.2) is 8.42 Å². The lowest BCUT2D eigenvalue weighted by atomic mass is 10.2. The molecule has 1 fully saturated rings. The number of rotatable bonds is 6. The maximum absolute atomic E-state index is 12.8. The lowest BCUT2D eigenvalue weighted by Gasteiger charge is -2.28. The van der Waals surface area contributed by atoms with Crippen LogP contribution in [-0.4, -0.2) is 58.8 Å². The Bertz CT molecular complexity index is 889. The summed E-state index contributed by atoms with van der Waals surface area (Å²) in [6, 6.07) is 1.48. The Morgan fingerprint density at radius 3 is 2.81 bits per heavy atom. The molecule has 0 aromatic carbocycles. The predicted molar refractivity (Wildman–Crippen MR) is 96.5 cm³/mol. The van der Waals surface area contributed by atoms with Gasteiger partial charge in [0, 0.05) is 12.6 Å². The molecule has 142 valence electrons. The topological polar surface area (TPSA) is 107 Å². The number of aromatic nitrogens is 2. The first kappa shape index (κ1) is 19.0. The maximum atomic E-state index is 12.8. The monoisotopic (exact) mass is 399 g/mol. The molecule has 0 unspecified atom stereocenters. The van der Waals surface area contributed by atoms with Crippen molar-refractivity contribution < 1.29 is 22.0 Å². The van der Waals surface area contributed by atoms with E-state index in [4.69, 9.17) is 8.83 Å². The van der Waals surface area contributed by atoms with E-state index >= 15 is 0 Å². The second-order valence-corrected chi connectivity index (χ2v) is 9.73. The third-order valence-corrected chi connectivity index (χ3v) is 7.07. The molecule has 1 aliphatic heterocycles. The van der Waals surface area contributed by atoms with Gasteiger partial charge < -0.3 is 13.7 Å². The van der Waals surface area contributed by atoms with Crippen molar-refractivity contribution in [2.45, 2.75) is 43.7 Å². The first-order valence-electron chi connectivity index (χ1n) is 8.36. The highest BCUT2D eigenvalue weighted by atomic mass is 32.2. The Labute approximate surface area is 156 Å². The van der Waals surface area contributed by atoms with Crippen LogP contribution >= 0.6 is 11.8 Å². The quantitative estimate of drug-likeness (QED) is 0.680. The Kier molecular flexibility index (Phi) is 5.42. The number of aryl methyl sites for hydroxylation is 1. The van der Waals surface area contributed by atoms with Gasteiger partial charge in [0.1, 0.15) is 5.76 Å². The van der Waals surface area contributed by atoms with Crippen molar-refractivity contribution in [3.63, 3.8) is 0 Å². The standard InChI is InChI=1S/C16H21N3O5S2/c1-4-19(12-6-8-26(21,22)9-12)15(20)11(3)25-16-18-17-14(24-16)13-5-7-23-10(13)2/h5,7,11-12H,4,6,8-9H2,1-3H3/t11-,12+/m1/s1. The molecule has 0 spiro atoms. The summed E-state index contributed by atoms with van der Waals surface area (Å²) in [4.78, 5) is 14.4. The molecule has 2 aromatic heterocycles. The van der Waals surface area contributed by atoms with E-state index in [1.807, 2.05) is 6.92 Å². The minimum absolute atomic E-state index is 0.0361. The summed E-state index contributed by atoms with van der Waals surface area (Å²) in [5.41, 5.74) is 0.717. The van der Waals surface area contributed by atoms with E-state index in [1.165, 1.54) is 11.8 Å². The van der Waals surface area contributed by atoms with Gasteiger partial charge in [-0.3, -0.25) is 4.79 Å². The fraction of sp³-hybridized carbons (Fsp3) is 0.562. The second kappa shape index (κ2) is 7.43. The highest BCUT2D eigenvalue weighted by molar-refractivity contribution is 8.00. The Morgan fingerprint density at radius 1 is 1.46 bits per heavy atom. The number of carbonyl (C=O) groups is 1. The first-order valence-corrected chi connectivity index (χ1v) is 11.1. The SMILES string of the molecule is CCN(C(=O)[C@@H](C)Sc1nnc(-c2ccoc2C)o1)[C@H]1CCS(=O)(=O)C1. The molecule has 0 saturated carbocycles. The van der Waals surface area contributed by atoms with E-state index < -0.39 is 15.1 Å². The Hall–Kier alpha value is -1.81. The lowest BCUT2D eigenvalue weighted by Crippen LogP contribution is -2.44. The van der Waals surface area contributed by atoms with Crippen LogP contribution in [0.25, 0.3) is 11.5 Å². The van der Waals surface area contributed by atoms with Gasteiger partial charge in [-0.2, -0.15) is 0 Å². The van der Waals surface area contributed by atoms with Gasteiger partial charge in [0.25, 0.3) is 11.1 Å². The molecule has 3 rings (SSSR count). The molecule has 0 radical (unpaired) electrons. The van der Waals surface area contributed by atoms with Crippen molar-refractivity contribution in [1.29, 1.82) is 0 Å². The molecule has 1 saturated heterocycles. The summed E-state index contributed by atoms with van der Waals surface area (Å²) in [6.07, 6.45) is 2.03. The number of hydrogen-bond acceptors (Lipinski definition) is 8. The van der Waals surface area contributed by atoms with Crippen molar-refractivity contribution in [3.8, 4) is 11.5 Å². The number of sulfone groups is 1. The van der Waals surface area contributed by atoms with Crippen LogP contribution in [0.1, 0.15) is 26.0 Å². The van der Waals surface area contributed by atoms with E-state index in [9.17, 15) is 13.2 Å². The van der Waals surface area contributed by atoms with Crippen LogP contribution in [0.2, 0.25) is 0 Å². The molecule has 8 nitrogen and oxygen atoms in total. The average molecular weight is 399 g/mol. The fourth-order valence-corrected chi connectivity index (χ4v) is 5.51. The molecule has 0 bridgehead atoms. The summed E-state index contributed by atoms with van der Waals surface area (Å²) in [7, 11) is -3.04. The van der Waals surface area contributed by atoms with Crippen LogP contribution in [0.15, 0.2) is 26.4 Å². The molecule has 0 N–H and O–H groups in total. The van der Waals surface area contributed by atoms with Gasteiger partial charge in [-0.05, 0) is 33.3 Å². The molecule has 10 heteroatoms. The Balaban J connectivity index is 1.67. The van der Waals surface area contributed by atoms with E-state index in [-0.39, 0.29) is 28.7 Å². The van der Waals surface area contributed by atoms with Crippen LogP contribution in [-0.2, 0) is 14.6 Å². The van der Waals surface area contributed by atoms with Gasteiger partial charge in [-0.1, -0.05) is 11.8 Å². The summed E-state index contributed by atoms with van der Waals surface area (Å²) < 4.78 is 34.2. The summed E-state index contributed by atoms with van der Waals surface area (Å²) in [6.45, 7) is 5.87. The largest absolute Gasteiger partial charge is 0.469 e. The molecule has 0 aliphatic carbocycles. The highest BCUT2D eigenvalue weighted by Crippen LogP contribution is 2.29. The normalized spacial score (nSPS) is 20.2. The lowest BCUT2D eigenvalue weighted by molar-refractivity contribution is -0.131. The van der Waals surface area contributed by atoms with Crippen LogP contribution < -0.4 is 0 Å². The van der Waals surface area contributed by atoms with E-state index in [1.54, 1.807) is 31.1 Å². The zero-order valence-corrected chi connectivity index (χ0v) is 16.5. The van der Waals surface area contributed by atoms with Crippen LogP contribution in [0.3, 0.4) is 0 Å². The van der Waals surface area contributed by atoms with Crippen LogP contribution in [0.5, 0.6) is 0 Å². The van der Waals surface area contributed by atoms with Crippen molar-refractivity contribution in [3.05, 3.63) is 18.1 Å². The predicted octanol–water partition coefficient (Wildman–Crippen LogP) is 2.15. The van der Waals surface area contributed by atoms with Crippen LogP contribution in [0.4, 0.5) is 0 Å². The van der Waals surface area contributed by atoms with E-state index in [0.717, 1.165) is 5.56 Å². The average Bonchev–Trinajstić information content (AvgIpc) is 3.28. The zero-order valence-electron chi connectivity index (χ0n) is 14.8. The van der Waals surface area contributed by atoms with Crippen molar-refractivity contribution >= 4 is 27.5 Å². The molecule has 1 amide bonds. The summed E-state index contributed by atoms with van der Waals surface area (Å²) in [5.74, 6) is 1.06. The third-order valence-electron chi connectivity index (χ3n) is 4.39. The van der Waals surface area contributed by atoms with Crippen molar-refractivity contribution in [2.24, 2.45) is 0 Å². The van der Waals surface area contributed by atoms with E-state index in [2.05, 4.69) is 10.2 Å². The fourth-order valence-electron chi connectivity index (χ4n) is 3.02.